The summed E-state index contributed by atoms with van der Waals surface area (Å²) in [4.78, 5) is 2.08. The first-order valence-electron chi connectivity index (χ1n) is 6.34. The van der Waals surface area contributed by atoms with Crippen LogP contribution in [-0.2, 0) is 0 Å². The lowest BCUT2D eigenvalue weighted by Gasteiger charge is -2.25. The maximum Gasteiger partial charge on any atom is 0.0991 e. The van der Waals surface area contributed by atoms with Crippen molar-refractivity contribution in [3.63, 3.8) is 0 Å². The van der Waals surface area contributed by atoms with Crippen molar-refractivity contribution in [1.82, 2.24) is 4.90 Å². The van der Waals surface area contributed by atoms with E-state index in [-0.39, 0.29) is 0 Å². The van der Waals surface area contributed by atoms with Gasteiger partial charge in [-0.2, -0.15) is 5.26 Å². The van der Waals surface area contributed by atoms with Crippen molar-refractivity contribution in [3.05, 3.63) is 35.4 Å². The predicted octanol–water partition coefficient (Wildman–Crippen LogP) is 2.99. The second-order valence-electron chi connectivity index (χ2n) is 4.77. The molecule has 0 radical (unpaired) electrons. The molecule has 0 atom stereocenters. The van der Waals surface area contributed by atoms with Crippen LogP contribution in [0.3, 0.4) is 0 Å². The smallest absolute Gasteiger partial charge is 0.0991 e. The molecule has 1 aromatic carbocycles. The molecular weight excluding hydrogens is 232 g/mol. The van der Waals surface area contributed by atoms with Crippen LogP contribution >= 0.6 is 0 Å². The summed E-state index contributed by atoms with van der Waals surface area (Å²) < 4.78 is 0. The molecule has 0 aliphatic carbocycles. The molecule has 0 aliphatic rings. The SMILES string of the molecule is CC(C)N(C#CC#Cc1ccc(C#N)cc1)C(C)C. The van der Waals surface area contributed by atoms with Gasteiger partial charge in [-0.25, -0.2) is 0 Å². The highest BCUT2D eigenvalue weighted by Crippen LogP contribution is 2.02. The van der Waals surface area contributed by atoms with Crippen LogP contribution in [0.5, 0.6) is 0 Å². The molecule has 96 valence electrons. The first kappa shape index (κ1) is 14.7. The zero-order valence-corrected chi connectivity index (χ0v) is 11.9. The molecule has 0 unspecified atom stereocenters. The largest absolute Gasteiger partial charge is 0.327 e. The van der Waals surface area contributed by atoms with Gasteiger partial charge in [-0.3, -0.25) is 0 Å². The van der Waals surface area contributed by atoms with Gasteiger partial charge in [0.05, 0.1) is 11.6 Å². The fourth-order valence-corrected chi connectivity index (χ4v) is 1.68. The molecule has 2 nitrogen and oxygen atoms in total. The minimum Gasteiger partial charge on any atom is -0.327 e. The van der Waals surface area contributed by atoms with Gasteiger partial charge < -0.3 is 4.90 Å². The van der Waals surface area contributed by atoms with Gasteiger partial charge in [-0.05, 0) is 57.9 Å². The summed E-state index contributed by atoms with van der Waals surface area (Å²) in [5, 5.41) is 8.69. The Bertz CT molecular complexity index is 558. The highest BCUT2D eigenvalue weighted by Gasteiger charge is 2.07. The Morgan fingerprint density at radius 2 is 1.42 bits per heavy atom. The lowest BCUT2D eigenvalue weighted by Crippen LogP contribution is -2.32. The van der Waals surface area contributed by atoms with Crippen LogP contribution in [0.15, 0.2) is 24.3 Å². The van der Waals surface area contributed by atoms with Crippen molar-refractivity contribution in [1.29, 1.82) is 5.26 Å². The number of hydrogen-bond acceptors (Lipinski definition) is 2. The van der Waals surface area contributed by atoms with Gasteiger partial charge in [-0.1, -0.05) is 5.92 Å². The average Bonchev–Trinajstić information content (AvgIpc) is 2.38. The van der Waals surface area contributed by atoms with E-state index in [1.165, 1.54) is 0 Å². The minimum atomic E-state index is 0.379. The average molecular weight is 250 g/mol. The molecule has 0 saturated carbocycles. The summed E-state index contributed by atoms with van der Waals surface area (Å²) >= 11 is 0. The molecule has 2 heteroatoms. The van der Waals surface area contributed by atoms with E-state index in [1.54, 1.807) is 12.1 Å². The fourth-order valence-electron chi connectivity index (χ4n) is 1.68. The fraction of sp³-hybridized carbons (Fsp3) is 0.353. The summed E-state index contributed by atoms with van der Waals surface area (Å²) in [6.07, 6.45) is 0. The number of rotatable bonds is 2. The van der Waals surface area contributed by atoms with Crippen molar-refractivity contribution < 1.29 is 0 Å². The van der Waals surface area contributed by atoms with E-state index < -0.39 is 0 Å². The number of nitrogens with zero attached hydrogens (tertiary/aromatic N) is 2. The van der Waals surface area contributed by atoms with E-state index in [2.05, 4.69) is 62.5 Å². The van der Waals surface area contributed by atoms with Crippen molar-refractivity contribution in [2.75, 3.05) is 0 Å². The van der Waals surface area contributed by atoms with Gasteiger partial charge in [-0.15, -0.1) is 0 Å². The Kier molecular flexibility index (Phi) is 5.53. The van der Waals surface area contributed by atoms with E-state index in [1.807, 2.05) is 12.1 Å². The quantitative estimate of drug-likeness (QED) is 0.596. The molecule has 0 aromatic heterocycles. The third kappa shape index (κ3) is 4.79. The van der Waals surface area contributed by atoms with Crippen LogP contribution in [0.25, 0.3) is 0 Å². The van der Waals surface area contributed by atoms with Crippen molar-refractivity contribution in [2.24, 2.45) is 0 Å². The van der Waals surface area contributed by atoms with Crippen LogP contribution in [0.2, 0.25) is 0 Å². The van der Waals surface area contributed by atoms with Crippen LogP contribution in [0.1, 0.15) is 38.8 Å². The Labute approximate surface area is 116 Å². The summed E-state index contributed by atoms with van der Waals surface area (Å²) in [6.45, 7) is 8.46. The third-order valence-corrected chi connectivity index (χ3v) is 2.58. The molecule has 0 spiro atoms. The second kappa shape index (κ2) is 7.15. The third-order valence-electron chi connectivity index (χ3n) is 2.58. The zero-order chi connectivity index (χ0) is 14.3. The lowest BCUT2D eigenvalue weighted by atomic mass is 10.1. The van der Waals surface area contributed by atoms with Gasteiger partial charge in [0.2, 0.25) is 0 Å². The van der Waals surface area contributed by atoms with E-state index in [0.29, 0.717) is 17.6 Å². The highest BCUT2D eigenvalue weighted by molar-refractivity contribution is 5.42. The van der Waals surface area contributed by atoms with Crippen LogP contribution in [-0.4, -0.2) is 17.0 Å². The normalized spacial score (nSPS) is 9.11. The Balaban J connectivity index is 2.77. The van der Waals surface area contributed by atoms with E-state index in [9.17, 15) is 0 Å². The monoisotopic (exact) mass is 250 g/mol. The molecule has 1 aromatic rings. The molecule has 19 heavy (non-hydrogen) atoms. The topological polar surface area (TPSA) is 27.0 Å². The minimum absolute atomic E-state index is 0.379. The predicted molar refractivity (Wildman–Crippen MR) is 77.9 cm³/mol. The molecular formula is C17H18N2. The number of nitriles is 1. The number of hydrogen-bond donors (Lipinski definition) is 0. The highest BCUT2D eigenvalue weighted by atomic mass is 15.1. The van der Waals surface area contributed by atoms with Gasteiger partial charge in [0, 0.05) is 29.6 Å². The summed E-state index contributed by atoms with van der Waals surface area (Å²) in [7, 11) is 0. The molecule has 0 saturated heterocycles. The summed E-state index contributed by atoms with van der Waals surface area (Å²) in [5.74, 6) is 8.69. The maximum atomic E-state index is 8.69. The van der Waals surface area contributed by atoms with Gasteiger partial charge >= 0.3 is 0 Å². The molecule has 0 heterocycles. The summed E-state index contributed by atoms with van der Waals surface area (Å²) in [6, 6.07) is 13.1. The van der Waals surface area contributed by atoms with Crippen LogP contribution < -0.4 is 0 Å². The first-order chi connectivity index (χ1) is 9.04. The van der Waals surface area contributed by atoms with E-state index >= 15 is 0 Å². The van der Waals surface area contributed by atoms with Gasteiger partial charge in [0.25, 0.3) is 0 Å². The Morgan fingerprint density at radius 1 is 0.895 bits per heavy atom. The first-order valence-corrected chi connectivity index (χ1v) is 6.34. The molecule has 0 bridgehead atoms. The molecule has 0 N–H and O–H groups in total. The molecule has 0 aliphatic heterocycles. The van der Waals surface area contributed by atoms with E-state index in [4.69, 9.17) is 5.26 Å². The van der Waals surface area contributed by atoms with Crippen molar-refractivity contribution in [3.8, 4) is 29.9 Å². The van der Waals surface area contributed by atoms with Crippen molar-refractivity contribution in [2.45, 2.75) is 39.8 Å². The number of benzene rings is 1. The molecule has 1 rings (SSSR count). The van der Waals surface area contributed by atoms with Crippen LogP contribution in [0, 0.1) is 35.1 Å². The van der Waals surface area contributed by atoms with E-state index in [0.717, 1.165) is 5.56 Å². The standard InChI is InChI=1S/C17H18N2/c1-14(2)19(15(3)4)12-6-5-7-16-8-10-17(13-18)11-9-16/h8-11,14-15H,1-4H3. The summed E-state index contributed by atoms with van der Waals surface area (Å²) in [5.41, 5.74) is 1.51. The van der Waals surface area contributed by atoms with Crippen molar-refractivity contribution >= 4 is 0 Å². The second-order valence-corrected chi connectivity index (χ2v) is 4.77. The Morgan fingerprint density at radius 3 is 1.89 bits per heavy atom. The molecule has 0 amide bonds. The maximum absolute atomic E-state index is 8.69. The van der Waals surface area contributed by atoms with Crippen LogP contribution in [0.4, 0.5) is 0 Å². The van der Waals surface area contributed by atoms with Gasteiger partial charge in [0.15, 0.2) is 0 Å². The molecule has 0 fully saturated rings. The lowest BCUT2D eigenvalue weighted by molar-refractivity contribution is 0.274. The Hall–Kier alpha value is -2.37. The zero-order valence-electron chi connectivity index (χ0n) is 11.9. The van der Waals surface area contributed by atoms with Gasteiger partial charge in [0.1, 0.15) is 0 Å².